The molecular weight excluding hydrogens is 380 g/mol. The van der Waals surface area contributed by atoms with Crippen LogP contribution in [0.2, 0.25) is 0 Å². The van der Waals surface area contributed by atoms with Crippen LogP contribution in [-0.4, -0.2) is 56.1 Å². The van der Waals surface area contributed by atoms with E-state index in [1.54, 1.807) is 0 Å². The van der Waals surface area contributed by atoms with Gasteiger partial charge in [0, 0.05) is 11.0 Å². The third kappa shape index (κ3) is 3.46. The Morgan fingerprint density at radius 2 is 2.09 bits per heavy atom. The van der Waals surface area contributed by atoms with E-state index in [2.05, 4.69) is 15.9 Å². The van der Waals surface area contributed by atoms with Gasteiger partial charge < -0.3 is 14.7 Å². The lowest BCUT2D eigenvalue weighted by molar-refractivity contribution is -0.147. The number of carbonyl (C=O) groups excluding carboxylic acids is 1. The second-order valence-electron chi connectivity index (χ2n) is 4.61. The van der Waals surface area contributed by atoms with Crippen molar-refractivity contribution in [2.24, 2.45) is 5.14 Å². The van der Waals surface area contributed by atoms with E-state index in [9.17, 15) is 18.0 Å². The normalized spacial score (nSPS) is 19.0. The zero-order valence-electron chi connectivity index (χ0n) is 11.2. The Morgan fingerprint density at radius 3 is 2.68 bits per heavy atom. The molecule has 1 aliphatic heterocycles. The van der Waals surface area contributed by atoms with Gasteiger partial charge in [-0.2, -0.15) is 0 Å². The summed E-state index contributed by atoms with van der Waals surface area (Å²) in [5.74, 6) is -1.79. The van der Waals surface area contributed by atoms with Crippen molar-refractivity contribution < 1.29 is 27.9 Å². The molecule has 1 aromatic carbocycles. The lowest BCUT2D eigenvalue weighted by Gasteiger charge is -2.33. The molecule has 8 nitrogen and oxygen atoms in total. The number of nitrogens with two attached hydrogens (primary N) is 1. The van der Waals surface area contributed by atoms with Crippen molar-refractivity contribution in [3.8, 4) is 0 Å². The number of benzene rings is 1. The number of amides is 1. The van der Waals surface area contributed by atoms with Crippen LogP contribution in [0.15, 0.2) is 27.6 Å². The van der Waals surface area contributed by atoms with Gasteiger partial charge >= 0.3 is 5.97 Å². The SMILES string of the molecule is NS(=O)(=O)c1ccc(Br)c(C(=O)N2CCOCC2C(=O)O)c1. The number of morpholine rings is 1. The average molecular weight is 393 g/mol. The number of hydrogen-bond donors (Lipinski definition) is 2. The molecule has 22 heavy (non-hydrogen) atoms. The highest BCUT2D eigenvalue weighted by molar-refractivity contribution is 9.10. The van der Waals surface area contributed by atoms with Crippen LogP contribution < -0.4 is 5.14 Å². The first-order valence-electron chi connectivity index (χ1n) is 6.15. The van der Waals surface area contributed by atoms with Gasteiger partial charge in [-0.05, 0) is 34.1 Å². The van der Waals surface area contributed by atoms with Crippen LogP contribution in [-0.2, 0) is 19.6 Å². The molecule has 0 radical (unpaired) electrons. The summed E-state index contributed by atoms with van der Waals surface area (Å²) >= 11 is 3.16. The van der Waals surface area contributed by atoms with E-state index in [0.29, 0.717) is 4.47 Å². The van der Waals surface area contributed by atoms with E-state index < -0.39 is 27.9 Å². The Labute approximate surface area is 135 Å². The number of hydrogen-bond acceptors (Lipinski definition) is 5. The van der Waals surface area contributed by atoms with Gasteiger partial charge in [-0.3, -0.25) is 4.79 Å². The van der Waals surface area contributed by atoms with Crippen LogP contribution in [0.1, 0.15) is 10.4 Å². The smallest absolute Gasteiger partial charge is 0.328 e. The molecule has 1 saturated heterocycles. The van der Waals surface area contributed by atoms with Gasteiger partial charge in [-0.15, -0.1) is 0 Å². The summed E-state index contributed by atoms with van der Waals surface area (Å²) in [7, 11) is -3.97. The zero-order chi connectivity index (χ0) is 16.5. The maximum atomic E-state index is 12.6. The molecule has 120 valence electrons. The molecule has 3 N–H and O–H groups in total. The van der Waals surface area contributed by atoms with Crippen molar-refractivity contribution in [2.45, 2.75) is 10.9 Å². The second-order valence-corrected chi connectivity index (χ2v) is 7.03. The average Bonchev–Trinajstić information content (AvgIpc) is 2.45. The molecule has 2 rings (SSSR count). The quantitative estimate of drug-likeness (QED) is 0.746. The molecule has 0 spiro atoms. The Bertz CT molecular complexity index is 720. The first-order valence-corrected chi connectivity index (χ1v) is 8.49. The van der Waals surface area contributed by atoms with E-state index >= 15 is 0 Å². The third-order valence-corrected chi connectivity index (χ3v) is 4.77. The molecule has 1 atom stereocenters. The number of carboxylic acids is 1. The first kappa shape index (κ1) is 16.9. The summed E-state index contributed by atoms with van der Waals surface area (Å²) in [5, 5.41) is 14.2. The monoisotopic (exact) mass is 392 g/mol. The minimum absolute atomic E-state index is 0.0275. The van der Waals surface area contributed by atoms with Gasteiger partial charge in [0.2, 0.25) is 10.0 Å². The van der Waals surface area contributed by atoms with Crippen LogP contribution in [0.3, 0.4) is 0 Å². The van der Waals surface area contributed by atoms with E-state index in [0.717, 1.165) is 11.0 Å². The summed E-state index contributed by atoms with van der Waals surface area (Å²) in [6.45, 7) is 0.192. The molecular formula is C12H13BrN2O6S. The highest BCUT2D eigenvalue weighted by Gasteiger charge is 2.34. The molecule has 1 fully saturated rings. The molecule has 0 saturated carbocycles. The van der Waals surface area contributed by atoms with Crippen molar-refractivity contribution in [1.29, 1.82) is 0 Å². The van der Waals surface area contributed by atoms with Crippen molar-refractivity contribution in [1.82, 2.24) is 4.90 Å². The van der Waals surface area contributed by atoms with Gasteiger partial charge in [-0.25, -0.2) is 18.4 Å². The summed E-state index contributed by atoms with van der Waals surface area (Å²) in [4.78, 5) is 24.7. The Kier molecular flexibility index (Phi) is 4.85. The zero-order valence-corrected chi connectivity index (χ0v) is 13.6. The minimum atomic E-state index is -3.97. The molecule has 1 amide bonds. The van der Waals surface area contributed by atoms with Crippen LogP contribution in [0.25, 0.3) is 0 Å². The molecule has 10 heteroatoms. The van der Waals surface area contributed by atoms with Crippen molar-refractivity contribution in [3.63, 3.8) is 0 Å². The van der Waals surface area contributed by atoms with E-state index in [1.165, 1.54) is 12.1 Å². The number of rotatable bonds is 3. The highest BCUT2D eigenvalue weighted by atomic mass is 79.9. The largest absolute Gasteiger partial charge is 0.480 e. The summed E-state index contributed by atoms with van der Waals surface area (Å²) in [5.41, 5.74) is 0.0275. The fourth-order valence-corrected chi connectivity index (χ4v) is 3.01. The lowest BCUT2D eigenvalue weighted by Crippen LogP contribution is -2.52. The molecule has 1 aromatic rings. The van der Waals surface area contributed by atoms with Gasteiger partial charge in [0.15, 0.2) is 6.04 Å². The standard InChI is InChI=1S/C12H13BrN2O6S/c13-9-2-1-7(22(14,19)20)5-8(9)11(16)15-3-4-21-6-10(15)12(17)18/h1-2,5,10H,3-4,6H2,(H,17,18)(H2,14,19,20). The Balaban J connectivity index is 2.42. The highest BCUT2D eigenvalue weighted by Crippen LogP contribution is 2.23. The maximum Gasteiger partial charge on any atom is 0.328 e. The molecule has 1 unspecified atom stereocenters. The number of carboxylic acid groups (broad SMARTS) is 1. The number of ether oxygens (including phenoxy) is 1. The van der Waals surface area contributed by atoms with Gasteiger partial charge in [0.25, 0.3) is 5.91 Å². The van der Waals surface area contributed by atoms with E-state index in [-0.39, 0.29) is 30.2 Å². The van der Waals surface area contributed by atoms with Gasteiger partial charge in [0.1, 0.15) is 0 Å². The van der Waals surface area contributed by atoms with Crippen LogP contribution in [0, 0.1) is 0 Å². The number of nitrogens with zero attached hydrogens (tertiary/aromatic N) is 1. The second kappa shape index (κ2) is 6.32. The summed E-state index contributed by atoms with van der Waals surface area (Å²) in [6.07, 6.45) is 0. The lowest BCUT2D eigenvalue weighted by atomic mass is 10.1. The van der Waals surface area contributed by atoms with Crippen molar-refractivity contribution >= 4 is 37.8 Å². The maximum absolute atomic E-state index is 12.6. The number of halogens is 1. The molecule has 1 heterocycles. The Hall–Kier alpha value is -1.49. The van der Waals surface area contributed by atoms with E-state index in [1.807, 2.05) is 0 Å². The molecule has 0 aromatic heterocycles. The van der Waals surface area contributed by atoms with Gasteiger partial charge in [-0.1, -0.05) is 0 Å². The predicted octanol–water partition coefficient (Wildman–Crippen LogP) is 0.0221. The van der Waals surface area contributed by atoms with Gasteiger partial charge in [0.05, 0.1) is 23.7 Å². The van der Waals surface area contributed by atoms with Crippen molar-refractivity contribution in [3.05, 3.63) is 28.2 Å². The Morgan fingerprint density at radius 1 is 1.41 bits per heavy atom. The number of sulfonamides is 1. The minimum Gasteiger partial charge on any atom is -0.480 e. The predicted molar refractivity (Wildman–Crippen MR) is 78.8 cm³/mol. The molecule has 1 aliphatic rings. The third-order valence-electron chi connectivity index (χ3n) is 3.17. The van der Waals surface area contributed by atoms with Crippen LogP contribution in [0.4, 0.5) is 0 Å². The number of aliphatic carboxylic acids is 1. The molecule has 0 bridgehead atoms. The fourth-order valence-electron chi connectivity index (χ4n) is 2.05. The first-order chi connectivity index (χ1) is 10.2. The summed E-state index contributed by atoms with van der Waals surface area (Å²) < 4.78 is 28.2. The number of primary sulfonamides is 1. The van der Waals surface area contributed by atoms with Crippen molar-refractivity contribution in [2.75, 3.05) is 19.8 Å². The topological polar surface area (TPSA) is 127 Å². The van der Waals surface area contributed by atoms with Crippen LogP contribution in [0.5, 0.6) is 0 Å². The number of carbonyl (C=O) groups is 2. The van der Waals surface area contributed by atoms with Crippen LogP contribution >= 0.6 is 15.9 Å². The fraction of sp³-hybridized carbons (Fsp3) is 0.333. The summed E-state index contributed by atoms with van der Waals surface area (Å²) in [6, 6.07) is 2.63. The van der Waals surface area contributed by atoms with E-state index in [4.69, 9.17) is 15.0 Å². The molecule has 0 aliphatic carbocycles.